The van der Waals surface area contributed by atoms with Crippen molar-refractivity contribution in [2.24, 2.45) is 0 Å². The van der Waals surface area contributed by atoms with E-state index in [1.54, 1.807) is 12.3 Å². The summed E-state index contributed by atoms with van der Waals surface area (Å²) < 4.78 is 16.8. The minimum Gasteiger partial charge on any atom is -0.482 e. The Morgan fingerprint density at radius 2 is 2.00 bits per heavy atom. The molecular weight excluding hydrogens is 332 g/mol. The average Bonchev–Trinajstić information content (AvgIpc) is 3.01. The molecule has 0 aliphatic carbocycles. The quantitative estimate of drug-likeness (QED) is 0.486. The van der Waals surface area contributed by atoms with Crippen molar-refractivity contribution in [1.82, 2.24) is 0 Å². The summed E-state index contributed by atoms with van der Waals surface area (Å²) in [7, 11) is 0. The van der Waals surface area contributed by atoms with Gasteiger partial charge in [-0.15, -0.1) is 0 Å². The number of rotatable bonds is 7. The van der Waals surface area contributed by atoms with Gasteiger partial charge in [0.1, 0.15) is 6.61 Å². The largest absolute Gasteiger partial charge is 0.482 e. The van der Waals surface area contributed by atoms with Gasteiger partial charge in [-0.25, -0.2) is 4.79 Å². The summed E-state index contributed by atoms with van der Waals surface area (Å²) in [6.45, 7) is 6.03. The van der Waals surface area contributed by atoms with E-state index < -0.39 is 11.2 Å². The summed E-state index contributed by atoms with van der Waals surface area (Å²) in [4.78, 5) is 11.6. The van der Waals surface area contributed by atoms with Gasteiger partial charge < -0.3 is 18.7 Å². The topological polar surface area (TPSA) is 72.8 Å². The molecule has 0 amide bonds. The van der Waals surface area contributed by atoms with Gasteiger partial charge in [-0.3, -0.25) is 0 Å². The van der Waals surface area contributed by atoms with E-state index in [9.17, 15) is 9.90 Å². The Labute approximate surface area is 151 Å². The number of benzene rings is 1. The molecule has 1 aromatic carbocycles. The van der Waals surface area contributed by atoms with Gasteiger partial charge in [0.25, 0.3) is 0 Å². The molecule has 0 spiro atoms. The Morgan fingerprint density at radius 1 is 1.23 bits per heavy atom. The predicted octanol–water partition coefficient (Wildman–Crippen LogP) is 4.81. The van der Waals surface area contributed by atoms with Crippen molar-refractivity contribution in [3.05, 3.63) is 52.6 Å². The first-order valence-corrected chi connectivity index (χ1v) is 8.78. The highest BCUT2D eigenvalue weighted by Crippen LogP contribution is 2.35. The fraction of sp³-hybridized carbons (Fsp3) is 0.381. The monoisotopic (exact) mass is 356 g/mol. The van der Waals surface area contributed by atoms with Crippen LogP contribution in [0.25, 0.3) is 21.9 Å². The van der Waals surface area contributed by atoms with Crippen LogP contribution in [-0.4, -0.2) is 17.3 Å². The standard InChI is InChI=1S/C21H24O5/c1-14(5-4-10-21(2,3)23)8-11-25-20-18-16(9-12-24-18)13-15-6-7-17(22)26-19(15)20/h6-9,12-13,23H,4-5,10-11H2,1-3H3/b14-8+. The molecule has 0 bridgehead atoms. The molecule has 0 fully saturated rings. The molecule has 0 atom stereocenters. The van der Waals surface area contributed by atoms with Crippen molar-refractivity contribution in [3.63, 3.8) is 0 Å². The highest BCUT2D eigenvalue weighted by Gasteiger charge is 2.14. The molecule has 5 heteroatoms. The Bertz CT molecular complexity index is 985. The molecule has 138 valence electrons. The van der Waals surface area contributed by atoms with Crippen molar-refractivity contribution in [2.45, 2.75) is 45.6 Å². The molecule has 5 nitrogen and oxygen atoms in total. The zero-order valence-corrected chi connectivity index (χ0v) is 15.4. The molecule has 0 radical (unpaired) electrons. The van der Waals surface area contributed by atoms with Gasteiger partial charge in [-0.1, -0.05) is 5.57 Å². The van der Waals surface area contributed by atoms with Crippen molar-refractivity contribution in [2.75, 3.05) is 6.61 Å². The molecule has 0 saturated carbocycles. The lowest BCUT2D eigenvalue weighted by atomic mass is 9.99. The summed E-state index contributed by atoms with van der Waals surface area (Å²) >= 11 is 0. The lowest BCUT2D eigenvalue weighted by molar-refractivity contribution is 0.0689. The van der Waals surface area contributed by atoms with E-state index in [2.05, 4.69) is 0 Å². The number of hydrogen-bond donors (Lipinski definition) is 1. The Morgan fingerprint density at radius 3 is 2.77 bits per heavy atom. The summed E-state index contributed by atoms with van der Waals surface area (Å²) in [5.74, 6) is 0.445. The van der Waals surface area contributed by atoms with Crippen LogP contribution in [0.1, 0.15) is 40.0 Å². The van der Waals surface area contributed by atoms with Gasteiger partial charge in [0.15, 0.2) is 11.2 Å². The third kappa shape index (κ3) is 4.35. The average molecular weight is 356 g/mol. The number of ether oxygens (including phenoxy) is 1. The van der Waals surface area contributed by atoms with Crippen molar-refractivity contribution < 1.29 is 18.7 Å². The highest BCUT2D eigenvalue weighted by molar-refractivity contribution is 5.99. The van der Waals surface area contributed by atoms with Crippen LogP contribution < -0.4 is 10.4 Å². The fourth-order valence-electron chi connectivity index (χ4n) is 2.91. The van der Waals surface area contributed by atoms with E-state index in [-0.39, 0.29) is 0 Å². The second-order valence-corrected chi connectivity index (χ2v) is 7.24. The van der Waals surface area contributed by atoms with E-state index in [1.807, 2.05) is 39.0 Å². The van der Waals surface area contributed by atoms with Crippen molar-refractivity contribution in [3.8, 4) is 5.75 Å². The van der Waals surface area contributed by atoms with E-state index in [0.29, 0.717) is 23.5 Å². The minimum absolute atomic E-state index is 0.349. The lowest BCUT2D eigenvalue weighted by Crippen LogP contribution is -2.17. The Hall–Kier alpha value is -2.53. The van der Waals surface area contributed by atoms with E-state index in [1.165, 1.54) is 11.6 Å². The summed E-state index contributed by atoms with van der Waals surface area (Å²) in [6, 6.07) is 6.87. The van der Waals surface area contributed by atoms with Gasteiger partial charge in [0.05, 0.1) is 11.9 Å². The van der Waals surface area contributed by atoms with Crippen LogP contribution >= 0.6 is 0 Å². The van der Waals surface area contributed by atoms with Gasteiger partial charge in [-0.05, 0) is 64.3 Å². The maximum Gasteiger partial charge on any atom is 0.336 e. The van der Waals surface area contributed by atoms with E-state index in [4.69, 9.17) is 13.6 Å². The molecule has 1 N–H and O–H groups in total. The van der Waals surface area contributed by atoms with Crippen LogP contribution in [-0.2, 0) is 0 Å². The third-order valence-electron chi connectivity index (χ3n) is 4.30. The fourth-order valence-corrected chi connectivity index (χ4v) is 2.91. The van der Waals surface area contributed by atoms with E-state index in [0.717, 1.165) is 30.0 Å². The van der Waals surface area contributed by atoms with Crippen LogP contribution in [0.2, 0.25) is 0 Å². The maximum absolute atomic E-state index is 11.6. The highest BCUT2D eigenvalue weighted by atomic mass is 16.5. The molecule has 0 aliphatic heterocycles. The van der Waals surface area contributed by atoms with Crippen LogP contribution in [0, 0.1) is 0 Å². The first kappa shape index (κ1) is 18.3. The van der Waals surface area contributed by atoms with Crippen LogP contribution in [0.4, 0.5) is 0 Å². The summed E-state index contributed by atoms with van der Waals surface area (Å²) in [5, 5.41) is 11.5. The second kappa shape index (κ2) is 7.38. The molecule has 2 aromatic heterocycles. The summed E-state index contributed by atoms with van der Waals surface area (Å²) in [6.07, 6.45) is 6.15. The molecule has 0 unspecified atom stereocenters. The molecule has 2 heterocycles. The minimum atomic E-state index is -0.637. The smallest absolute Gasteiger partial charge is 0.336 e. The van der Waals surface area contributed by atoms with Gasteiger partial charge >= 0.3 is 5.63 Å². The zero-order valence-electron chi connectivity index (χ0n) is 15.4. The number of allylic oxidation sites excluding steroid dienone is 1. The molecule has 0 saturated heterocycles. The van der Waals surface area contributed by atoms with Gasteiger partial charge in [-0.2, -0.15) is 0 Å². The summed E-state index contributed by atoms with van der Waals surface area (Å²) in [5.41, 5.74) is 1.09. The number of hydrogen-bond acceptors (Lipinski definition) is 5. The number of aliphatic hydroxyl groups is 1. The van der Waals surface area contributed by atoms with Crippen LogP contribution in [0.3, 0.4) is 0 Å². The lowest BCUT2D eigenvalue weighted by Gasteiger charge is -2.16. The molecule has 3 rings (SSSR count). The Balaban J connectivity index is 1.77. The Kier molecular flexibility index (Phi) is 5.18. The SMILES string of the molecule is C/C(=C\COc1c2occc2cc2ccc(=O)oc12)CCCC(C)(C)O. The number of furan rings is 1. The predicted molar refractivity (Wildman–Crippen MR) is 102 cm³/mol. The molecule has 0 aliphatic rings. The normalized spacial score (nSPS) is 12.8. The second-order valence-electron chi connectivity index (χ2n) is 7.24. The van der Waals surface area contributed by atoms with Gasteiger partial charge in [0.2, 0.25) is 5.75 Å². The van der Waals surface area contributed by atoms with E-state index >= 15 is 0 Å². The van der Waals surface area contributed by atoms with Crippen molar-refractivity contribution in [1.29, 1.82) is 0 Å². The zero-order chi connectivity index (χ0) is 18.7. The molecular formula is C21H24O5. The first-order chi connectivity index (χ1) is 12.3. The van der Waals surface area contributed by atoms with Crippen LogP contribution in [0.15, 0.2) is 55.8 Å². The third-order valence-corrected chi connectivity index (χ3v) is 4.30. The van der Waals surface area contributed by atoms with Crippen molar-refractivity contribution >= 4 is 21.9 Å². The molecule has 26 heavy (non-hydrogen) atoms. The first-order valence-electron chi connectivity index (χ1n) is 8.78. The van der Waals surface area contributed by atoms with Crippen LogP contribution in [0.5, 0.6) is 5.75 Å². The number of fused-ring (bicyclic) bond motifs is 2. The molecule has 3 aromatic rings. The maximum atomic E-state index is 11.6. The van der Waals surface area contributed by atoms with Gasteiger partial charge in [0, 0.05) is 16.8 Å².